The second kappa shape index (κ2) is 6.10. The maximum absolute atomic E-state index is 11.7. The lowest BCUT2D eigenvalue weighted by Crippen LogP contribution is -2.32. The van der Waals surface area contributed by atoms with Gasteiger partial charge in [-0.05, 0) is 25.7 Å². The van der Waals surface area contributed by atoms with Crippen molar-refractivity contribution in [2.24, 2.45) is 0 Å². The van der Waals surface area contributed by atoms with Crippen molar-refractivity contribution in [1.82, 2.24) is 10.2 Å². The van der Waals surface area contributed by atoms with Gasteiger partial charge in [-0.1, -0.05) is 13.0 Å². The van der Waals surface area contributed by atoms with Gasteiger partial charge in [0, 0.05) is 13.1 Å². The molecule has 0 bridgehead atoms. The summed E-state index contributed by atoms with van der Waals surface area (Å²) in [5.41, 5.74) is -0.0772. The Kier molecular flexibility index (Phi) is 4.78. The summed E-state index contributed by atoms with van der Waals surface area (Å²) in [6.07, 6.45) is 0. The summed E-state index contributed by atoms with van der Waals surface area (Å²) >= 11 is 0. The number of phenolic OH excluding ortho intramolecular Hbond substituents is 2. The summed E-state index contributed by atoms with van der Waals surface area (Å²) < 4.78 is 0. The molecule has 0 saturated heterocycles. The molecule has 0 aliphatic carbocycles. The number of nitrogens with one attached hydrogen (secondary N) is 1. The second-order valence-electron chi connectivity index (χ2n) is 3.82. The number of hydrogen-bond acceptors (Lipinski definition) is 4. The number of carbonyl (C=O) groups excluding carboxylic acids is 1. The van der Waals surface area contributed by atoms with Crippen LogP contribution in [0.5, 0.6) is 11.5 Å². The van der Waals surface area contributed by atoms with E-state index in [1.165, 1.54) is 18.2 Å². The molecular formula is C12H18N2O3. The van der Waals surface area contributed by atoms with Crippen LogP contribution in [-0.2, 0) is 0 Å². The first-order valence-electron chi connectivity index (χ1n) is 5.54. The van der Waals surface area contributed by atoms with Crippen LogP contribution in [0.25, 0.3) is 0 Å². The fourth-order valence-electron chi connectivity index (χ4n) is 1.37. The highest BCUT2D eigenvalue weighted by molar-refractivity contribution is 5.99. The van der Waals surface area contributed by atoms with Gasteiger partial charge in [-0.25, -0.2) is 0 Å². The topological polar surface area (TPSA) is 72.8 Å². The largest absolute Gasteiger partial charge is 0.507 e. The SMILES string of the molecule is CCN(C)CCNC(=O)c1c(O)cccc1O. The average Bonchev–Trinajstić information content (AvgIpc) is 2.28. The molecule has 0 saturated carbocycles. The highest BCUT2D eigenvalue weighted by atomic mass is 16.3. The normalized spacial score (nSPS) is 10.5. The van der Waals surface area contributed by atoms with Gasteiger partial charge in [0.2, 0.25) is 0 Å². The Labute approximate surface area is 101 Å². The molecule has 0 atom stereocenters. The minimum Gasteiger partial charge on any atom is -0.507 e. The van der Waals surface area contributed by atoms with Crippen LogP contribution in [-0.4, -0.2) is 47.7 Å². The Morgan fingerprint density at radius 2 is 1.94 bits per heavy atom. The number of benzene rings is 1. The van der Waals surface area contributed by atoms with E-state index < -0.39 is 5.91 Å². The Bertz CT molecular complexity index is 373. The minimum absolute atomic E-state index is 0.0772. The first-order valence-corrected chi connectivity index (χ1v) is 5.54. The standard InChI is InChI=1S/C12H18N2O3/c1-3-14(2)8-7-13-12(17)11-9(15)5-4-6-10(11)16/h4-6,15-16H,3,7-8H2,1-2H3,(H,13,17). The molecule has 1 rings (SSSR count). The quantitative estimate of drug-likeness (QED) is 0.708. The predicted molar refractivity (Wildman–Crippen MR) is 65.3 cm³/mol. The molecule has 1 amide bonds. The number of carbonyl (C=O) groups is 1. The van der Waals surface area contributed by atoms with Gasteiger partial charge in [0.05, 0.1) is 0 Å². The van der Waals surface area contributed by atoms with Crippen molar-refractivity contribution in [3.63, 3.8) is 0 Å². The molecule has 5 nitrogen and oxygen atoms in total. The van der Waals surface area contributed by atoms with E-state index in [0.717, 1.165) is 13.1 Å². The van der Waals surface area contributed by atoms with Crippen LogP contribution in [0.2, 0.25) is 0 Å². The van der Waals surface area contributed by atoms with E-state index in [0.29, 0.717) is 6.54 Å². The van der Waals surface area contributed by atoms with Crippen LogP contribution >= 0.6 is 0 Å². The molecule has 0 aliphatic heterocycles. The van der Waals surface area contributed by atoms with Gasteiger partial charge < -0.3 is 20.4 Å². The number of rotatable bonds is 5. The first-order chi connectivity index (χ1) is 8.06. The van der Waals surface area contributed by atoms with Gasteiger partial charge in [-0.15, -0.1) is 0 Å². The van der Waals surface area contributed by atoms with Crippen molar-refractivity contribution in [1.29, 1.82) is 0 Å². The molecule has 0 heterocycles. The smallest absolute Gasteiger partial charge is 0.258 e. The van der Waals surface area contributed by atoms with Gasteiger partial charge in [0.25, 0.3) is 5.91 Å². The van der Waals surface area contributed by atoms with Gasteiger partial charge in [-0.3, -0.25) is 4.79 Å². The van der Waals surface area contributed by atoms with Crippen LogP contribution in [0, 0.1) is 0 Å². The molecule has 0 aliphatic rings. The number of likely N-dealkylation sites (N-methyl/N-ethyl adjacent to an activating group) is 1. The molecule has 0 aromatic heterocycles. The van der Waals surface area contributed by atoms with E-state index in [9.17, 15) is 15.0 Å². The van der Waals surface area contributed by atoms with Crippen molar-refractivity contribution in [2.45, 2.75) is 6.92 Å². The van der Waals surface area contributed by atoms with Gasteiger partial charge >= 0.3 is 0 Å². The van der Waals surface area contributed by atoms with E-state index >= 15 is 0 Å². The number of phenols is 2. The monoisotopic (exact) mass is 238 g/mol. The molecule has 5 heteroatoms. The van der Waals surface area contributed by atoms with Crippen LogP contribution in [0.1, 0.15) is 17.3 Å². The Balaban J connectivity index is 2.59. The van der Waals surface area contributed by atoms with Gasteiger partial charge in [-0.2, -0.15) is 0 Å². The van der Waals surface area contributed by atoms with Crippen LogP contribution in [0.15, 0.2) is 18.2 Å². The number of amides is 1. The van der Waals surface area contributed by atoms with E-state index in [4.69, 9.17) is 0 Å². The number of hydrogen-bond donors (Lipinski definition) is 3. The summed E-state index contributed by atoms with van der Waals surface area (Å²) in [6, 6.07) is 4.21. The van der Waals surface area contributed by atoms with Crippen LogP contribution < -0.4 is 5.32 Å². The number of nitrogens with zero attached hydrogens (tertiary/aromatic N) is 1. The fraction of sp³-hybridized carbons (Fsp3) is 0.417. The summed E-state index contributed by atoms with van der Waals surface area (Å²) in [5, 5.41) is 21.6. The van der Waals surface area contributed by atoms with E-state index in [1.54, 1.807) is 0 Å². The summed E-state index contributed by atoms with van der Waals surface area (Å²) in [7, 11) is 1.95. The van der Waals surface area contributed by atoms with Crippen LogP contribution in [0.4, 0.5) is 0 Å². The van der Waals surface area contributed by atoms with Crippen molar-refractivity contribution in [3.8, 4) is 11.5 Å². The van der Waals surface area contributed by atoms with Crippen molar-refractivity contribution in [2.75, 3.05) is 26.7 Å². The third-order valence-electron chi connectivity index (χ3n) is 2.57. The average molecular weight is 238 g/mol. The predicted octanol–water partition coefficient (Wildman–Crippen LogP) is 0.779. The van der Waals surface area contributed by atoms with E-state index in [-0.39, 0.29) is 17.1 Å². The maximum atomic E-state index is 11.7. The van der Waals surface area contributed by atoms with Gasteiger partial charge in [0.15, 0.2) is 0 Å². The van der Waals surface area contributed by atoms with Crippen molar-refractivity contribution in [3.05, 3.63) is 23.8 Å². The maximum Gasteiger partial charge on any atom is 0.258 e. The molecular weight excluding hydrogens is 220 g/mol. The lowest BCUT2D eigenvalue weighted by atomic mass is 10.1. The fourth-order valence-corrected chi connectivity index (χ4v) is 1.37. The van der Waals surface area contributed by atoms with E-state index in [1.807, 2.05) is 18.9 Å². The molecule has 1 aromatic rings. The molecule has 0 radical (unpaired) electrons. The Morgan fingerprint density at radius 3 is 2.47 bits per heavy atom. The zero-order chi connectivity index (χ0) is 12.8. The Morgan fingerprint density at radius 1 is 1.35 bits per heavy atom. The molecule has 0 spiro atoms. The summed E-state index contributed by atoms with van der Waals surface area (Å²) in [4.78, 5) is 13.8. The molecule has 1 aromatic carbocycles. The zero-order valence-electron chi connectivity index (χ0n) is 10.1. The van der Waals surface area contributed by atoms with Crippen molar-refractivity contribution >= 4 is 5.91 Å². The zero-order valence-corrected chi connectivity index (χ0v) is 10.1. The molecule has 0 fully saturated rings. The summed E-state index contributed by atoms with van der Waals surface area (Å²) in [5.74, 6) is -0.900. The summed E-state index contributed by atoms with van der Waals surface area (Å²) in [6.45, 7) is 4.11. The van der Waals surface area contributed by atoms with Gasteiger partial charge in [0.1, 0.15) is 17.1 Å². The molecule has 94 valence electrons. The third kappa shape index (κ3) is 3.64. The number of aromatic hydroxyl groups is 2. The third-order valence-corrected chi connectivity index (χ3v) is 2.57. The molecule has 17 heavy (non-hydrogen) atoms. The van der Waals surface area contributed by atoms with Crippen molar-refractivity contribution < 1.29 is 15.0 Å². The highest BCUT2D eigenvalue weighted by Crippen LogP contribution is 2.25. The lowest BCUT2D eigenvalue weighted by molar-refractivity contribution is 0.0944. The minimum atomic E-state index is -0.467. The first kappa shape index (κ1) is 13.3. The lowest BCUT2D eigenvalue weighted by Gasteiger charge is -2.14. The Hall–Kier alpha value is -1.75. The van der Waals surface area contributed by atoms with E-state index in [2.05, 4.69) is 5.32 Å². The molecule has 0 unspecified atom stereocenters. The highest BCUT2D eigenvalue weighted by Gasteiger charge is 2.15. The second-order valence-corrected chi connectivity index (χ2v) is 3.82. The van der Waals surface area contributed by atoms with Crippen LogP contribution in [0.3, 0.4) is 0 Å². The molecule has 3 N–H and O–H groups in total.